The molecule has 1 aliphatic carbocycles. The Kier molecular flexibility index (Phi) is 5.41. The third-order valence-electron chi connectivity index (χ3n) is 6.24. The second-order valence-corrected chi connectivity index (χ2v) is 11.0. The summed E-state index contributed by atoms with van der Waals surface area (Å²) in [6, 6.07) is 43.9. The molecule has 0 amide bonds. The van der Waals surface area contributed by atoms with Crippen LogP contribution in [-0.2, 0) is 5.41 Å². The fourth-order valence-electron chi connectivity index (χ4n) is 4.81. The first-order valence-corrected chi connectivity index (χ1v) is 13.3. The zero-order chi connectivity index (χ0) is 21.1. The Morgan fingerprint density at radius 3 is 1.55 bits per heavy atom. The van der Waals surface area contributed by atoms with Gasteiger partial charge in [-0.25, -0.2) is 0 Å². The van der Waals surface area contributed by atoms with Crippen LogP contribution >= 0.6 is 0 Å². The lowest BCUT2D eigenvalue weighted by atomic mass is 9.69. The molecule has 0 nitrogen and oxygen atoms in total. The fourth-order valence-corrected chi connectivity index (χ4v) is 7.84. The highest BCUT2D eigenvalue weighted by molar-refractivity contribution is 6.65. The van der Waals surface area contributed by atoms with Crippen molar-refractivity contribution in [2.24, 2.45) is 0 Å². The number of allylic oxidation sites excluding steroid dienone is 4. The maximum Gasteiger partial charge on any atom is 0.0877 e. The zero-order valence-corrected chi connectivity index (χ0v) is 21.2. The average Bonchev–Trinajstić information content (AvgIpc) is 3.14. The minimum absolute atomic E-state index is 0.363. The van der Waals surface area contributed by atoms with Crippen molar-refractivity contribution in [1.29, 1.82) is 0 Å². The molecule has 2 heteroatoms. The molecule has 1 aliphatic rings. The van der Waals surface area contributed by atoms with Crippen LogP contribution in [0, 0.1) is 6.08 Å². The van der Waals surface area contributed by atoms with Gasteiger partial charge < -0.3 is 0 Å². The summed E-state index contributed by atoms with van der Waals surface area (Å²) in [5, 5.41) is 4.47. The van der Waals surface area contributed by atoms with Crippen molar-refractivity contribution in [2.75, 3.05) is 0 Å². The summed E-state index contributed by atoms with van der Waals surface area (Å²) in [7, 11) is 0.388. The highest BCUT2D eigenvalue weighted by atomic mass is 28.2. The molecule has 1 radical (unpaired) electrons. The highest BCUT2D eigenvalue weighted by Crippen LogP contribution is 2.51. The van der Waals surface area contributed by atoms with Gasteiger partial charge in [-0.3, -0.25) is 0 Å². The van der Waals surface area contributed by atoms with E-state index >= 15 is 0 Å². The largest absolute Gasteiger partial charge is 0.0877 e. The van der Waals surface area contributed by atoms with Crippen LogP contribution in [-0.4, -0.2) is 19.8 Å². The van der Waals surface area contributed by atoms with Gasteiger partial charge in [0.1, 0.15) is 0 Å². The number of benzene rings is 4. The lowest BCUT2D eigenvalue weighted by Gasteiger charge is -2.33. The molecule has 0 saturated carbocycles. The molecule has 4 aromatic carbocycles. The molecular formula is C29H25Si2. The van der Waals surface area contributed by atoms with Gasteiger partial charge in [-0.05, 0) is 28.3 Å². The third-order valence-corrected chi connectivity index (χ3v) is 9.99. The fraction of sp³-hybridized carbons (Fsp3) is 0.0345. The Morgan fingerprint density at radius 2 is 1.03 bits per heavy atom. The van der Waals surface area contributed by atoms with E-state index in [1.165, 1.54) is 37.8 Å². The van der Waals surface area contributed by atoms with Gasteiger partial charge in [-0.2, -0.15) is 0 Å². The maximum absolute atomic E-state index is 4.12. The second kappa shape index (κ2) is 8.50. The molecule has 4 aromatic rings. The summed E-state index contributed by atoms with van der Waals surface area (Å²) in [5.41, 5.74) is 4.97. The summed E-state index contributed by atoms with van der Waals surface area (Å²) in [5.74, 6) is 0. The molecule has 0 unspecified atom stereocenters. The molecule has 0 saturated heterocycles. The summed E-state index contributed by atoms with van der Waals surface area (Å²) in [4.78, 5) is 0. The minimum atomic E-state index is -0.615. The van der Waals surface area contributed by atoms with Crippen molar-refractivity contribution in [2.45, 2.75) is 5.41 Å². The third kappa shape index (κ3) is 3.58. The van der Waals surface area contributed by atoms with Crippen LogP contribution in [0.2, 0.25) is 0 Å². The second-order valence-electron chi connectivity index (χ2n) is 8.11. The first kappa shape index (κ1) is 19.7. The van der Waals surface area contributed by atoms with E-state index in [1.54, 1.807) is 0 Å². The van der Waals surface area contributed by atoms with Gasteiger partial charge in [-0.15, -0.1) is 0 Å². The predicted molar refractivity (Wildman–Crippen MR) is 138 cm³/mol. The van der Waals surface area contributed by atoms with Gasteiger partial charge in [-0.1, -0.05) is 137 Å². The van der Waals surface area contributed by atoms with Crippen LogP contribution in [0.1, 0.15) is 16.7 Å². The van der Waals surface area contributed by atoms with Crippen molar-refractivity contribution >= 4 is 30.5 Å². The Morgan fingerprint density at radius 1 is 0.581 bits per heavy atom. The Balaban J connectivity index is 1.79. The van der Waals surface area contributed by atoms with E-state index in [0.717, 1.165) is 10.2 Å². The van der Waals surface area contributed by atoms with Crippen LogP contribution in [0.25, 0.3) is 5.57 Å². The van der Waals surface area contributed by atoms with E-state index in [4.69, 9.17) is 0 Å². The summed E-state index contributed by atoms with van der Waals surface area (Å²) in [6.07, 6.45) is 4.12. The average molecular weight is 430 g/mol. The van der Waals surface area contributed by atoms with Gasteiger partial charge >= 0.3 is 0 Å². The van der Waals surface area contributed by atoms with Crippen molar-refractivity contribution in [3.05, 3.63) is 154 Å². The van der Waals surface area contributed by atoms with Crippen LogP contribution in [0.5, 0.6) is 0 Å². The first-order valence-electron chi connectivity index (χ1n) is 10.8. The van der Waals surface area contributed by atoms with Crippen LogP contribution in [0.3, 0.4) is 0 Å². The van der Waals surface area contributed by atoms with Gasteiger partial charge in [0.2, 0.25) is 0 Å². The molecule has 0 atom stereocenters. The standard InChI is InChI=1S/C29H25Si2/c30-28-26(31-25-19-11-4-12-20-25)21-29(23-15-7-2-8-16-23,24-17-9-3-10-18-24)27(28)22-13-5-1-6-14-22/h1-20H,31H2,30H3. The van der Waals surface area contributed by atoms with Crippen LogP contribution < -0.4 is 5.19 Å². The molecule has 5 rings (SSSR count). The highest BCUT2D eigenvalue weighted by Gasteiger charge is 2.42. The molecule has 31 heavy (non-hydrogen) atoms. The van der Waals surface area contributed by atoms with E-state index in [1.807, 2.05) is 0 Å². The quantitative estimate of drug-likeness (QED) is 0.422. The lowest BCUT2D eigenvalue weighted by Crippen LogP contribution is -2.26. The van der Waals surface area contributed by atoms with E-state index in [-0.39, 0.29) is 5.41 Å². The summed E-state index contributed by atoms with van der Waals surface area (Å²) >= 11 is 0. The SMILES string of the molecule is [SiH3]C1=C(c2ccccc2)C(c2ccccc2)(c2ccccc2)[C]=C1[SiH2]c1ccccc1. The molecule has 0 spiro atoms. The monoisotopic (exact) mass is 429 g/mol. The topological polar surface area (TPSA) is 0 Å². The van der Waals surface area contributed by atoms with Gasteiger partial charge in [0, 0.05) is 10.2 Å². The minimum Gasteiger partial charge on any atom is -0.0661 e. The van der Waals surface area contributed by atoms with Crippen molar-refractivity contribution in [3.8, 4) is 0 Å². The normalized spacial score (nSPS) is 15.5. The van der Waals surface area contributed by atoms with Gasteiger partial charge in [0.05, 0.1) is 14.9 Å². The zero-order valence-electron chi connectivity index (χ0n) is 17.8. The number of hydrogen-bond acceptors (Lipinski definition) is 0. The van der Waals surface area contributed by atoms with Gasteiger partial charge in [0.25, 0.3) is 0 Å². The van der Waals surface area contributed by atoms with Crippen molar-refractivity contribution in [3.63, 3.8) is 0 Å². The van der Waals surface area contributed by atoms with Crippen LogP contribution in [0.15, 0.2) is 132 Å². The first-order chi connectivity index (χ1) is 15.3. The maximum atomic E-state index is 4.12. The Labute approximate surface area is 190 Å². The van der Waals surface area contributed by atoms with Gasteiger partial charge in [0.15, 0.2) is 0 Å². The van der Waals surface area contributed by atoms with Crippen molar-refractivity contribution < 1.29 is 0 Å². The Bertz CT molecular complexity index is 1190. The Hall–Kier alpha value is -3.21. The molecular weight excluding hydrogens is 404 g/mol. The molecule has 0 fully saturated rings. The van der Waals surface area contributed by atoms with E-state index < -0.39 is 9.52 Å². The van der Waals surface area contributed by atoms with Crippen LogP contribution in [0.4, 0.5) is 0 Å². The molecule has 0 bridgehead atoms. The van der Waals surface area contributed by atoms with Crippen molar-refractivity contribution in [1.82, 2.24) is 0 Å². The lowest BCUT2D eigenvalue weighted by molar-refractivity contribution is 0.825. The molecule has 149 valence electrons. The van der Waals surface area contributed by atoms with E-state index in [9.17, 15) is 0 Å². The summed E-state index contributed by atoms with van der Waals surface area (Å²) in [6.45, 7) is 0. The molecule has 0 N–H and O–H groups in total. The van der Waals surface area contributed by atoms with E-state index in [2.05, 4.69) is 127 Å². The van der Waals surface area contributed by atoms with E-state index in [0.29, 0.717) is 0 Å². The number of hydrogen-bond donors (Lipinski definition) is 0. The molecule has 0 heterocycles. The predicted octanol–water partition coefficient (Wildman–Crippen LogP) is 3.94. The smallest absolute Gasteiger partial charge is 0.0661 e. The molecule has 0 aromatic heterocycles. The number of rotatable bonds is 5. The summed E-state index contributed by atoms with van der Waals surface area (Å²) < 4.78 is 0. The molecule has 0 aliphatic heterocycles.